The van der Waals surface area contributed by atoms with Crippen molar-refractivity contribution in [1.82, 2.24) is 0 Å². The number of esters is 1. The lowest BCUT2D eigenvalue weighted by Gasteiger charge is -2.17. The molecule has 0 aliphatic rings. The fourth-order valence-corrected chi connectivity index (χ4v) is 2.72. The van der Waals surface area contributed by atoms with Crippen LogP contribution in [0.5, 0.6) is 0 Å². The first kappa shape index (κ1) is 19.4. The molecule has 0 radical (unpaired) electrons. The highest BCUT2D eigenvalue weighted by molar-refractivity contribution is 6.76. The fraction of sp³-hybridized carbons (Fsp3) is 0.529. The van der Waals surface area contributed by atoms with Gasteiger partial charge in [-0.15, -0.1) is 0 Å². The predicted octanol–water partition coefficient (Wildman–Crippen LogP) is 2.63. The highest BCUT2D eigenvalue weighted by Crippen LogP contribution is 2.19. The molecule has 0 saturated heterocycles. The Kier molecular flexibility index (Phi) is 6.96. The smallest absolute Gasteiger partial charge is 0.320 e. The molecule has 6 heteroatoms. The molecule has 0 aliphatic carbocycles. The number of carbonyl (C=O) groups is 2. The van der Waals surface area contributed by atoms with Crippen LogP contribution < -0.4 is 5.73 Å². The molecule has 3 N–H and O–H groups in total. The van der Waals surface area contributed by atoms with Gasteiger partial charge in [-0.25, -0.2) is 0 Å². The number of hydrogen-bond acceptors (Lipinski definition) is 4. The van der Waals surface area contributed by atoms with Crippen LogP contribution in [0.4, 0.5) is 0 Å². The summed E-state index contributed by atoms with van der Waals surface area (Å²) in [6.45, 7) is 9.01. The third kappa shape index (κ3) is 6.96. The van der Waals surface area contributed by atoms with Crippen molar-refractivity contribution in [3.63, 3.8) is 0 Å². The van der Waals surface area contributed by atoms with Crippen molar-refractivity contribution in [2.24, 2.45) is 5.73 Å². The van der Waals surface area contributed by atoms with Crippen LogP contribution in [-0.4, -0.2) is 37.8 Å². The van der Waals surface area contributed by atoms with Crippen LogP contribution in [0.2, 0.25) is 25.7 Å². The average Bonchev–Trinajstić information content (AvgIpc) is 2.45. The van der Waals surface area contributed by atoms with Crippen LogP contribution >= 0.6 is 0 Å². The van der Waals surface area contributed by atoms with Crippen LogP contribution in [0.1, 0.15) is 24.0 Å². The predicted molar refractivity (Wildman–Crippen MR) is 93.3 cm³/mol. The van der Waals surface area contributed by atoms with Gasteiger partial charge in [0.05, 0.1) is 12.5 Å². The summed E-state index contributed by atoms with van der Waals surface area (Å²) in [6.07, 6.45) is 0.269. The molecule has 2 atom stereocenters. The van der Waals surface area contributed by atoms with E-state index in [1.54, 1.807) is 0 Å². The van der Waals surface area contributed by atoms with E-state index < -0.39 is 20.1 Å². The van der Waals surface area contributed by atoms with Crippen molar-refractivity contribution in [1.29, 1.82) is 0 Å². The minimum Gasteiger partial charge on any atom is -0.480 e. The molecule has 0 bridgehead atoms. The second-order valence-corrected chi connectivity index (χ2v) is 12.7. The number of rotatable bonds is 8. The molecule has 0 fully saturated rings. The molecular weight excluding hydrogens is 310 g/mol. The Morgan fingerprint density at radius 3 is 2.26 bits per heavy atom. The molecule has 0 aromatic heterocycles. The van der Waals surface area contributed by atoms with Gasteiger partial charge in [0.25, 0.3) is 0 Å². The quantitative estimate of drug-likeness (QED) is 0.562. The third-order valence-corrected chi connectivity index (χ3v) is 5.41. The average molecular weight is 337 g/mol. The third-order valence-electron chi connectivity index (χ3n) is 3.70. The van der Waals surface area contributed by atoms with Gasteiger partial charge in [-0.1, -0.05) is 43.9 Å². The number of ether oxygens (including phenoxy) is 1. The minimum atomic E-state index is -1.21. The topological polar surface area (TPSA) is 89.6 Å². The monoisotopic (exact) mass is 337 g/mol. The Morgan fingerprint density at radius 2 is 1.78 bits per heavy atom. The molecule has 23 heavy (non-hydrogen) atoms. The van der Waals surface area contributed by atoms with E-state index in [0.717, 1.165) is 17.2 Å². The zero-order valence-corrected chi connectivity index (χ0v) is 15.3. The molecule has 128 valence electrons. The number of nitrogens with two attached hydrogens (primary N) is 1. The molecular formula is C17H27NO4Si. The lowest BCUT2D eigenvalue weighted by Crippen LogP contribution is -2.32. The zero-order valence-electron chi connectivity index (χ0n) is 14.3. The van der Waals surface area contributed by atoms with E-state index in [0.29, 0.717) is 6.61 Å². The fourth-order valence-electron chi connectivity index (χ4n) is 2.00. The lowest BCUT2D eigenvalue weighted by molar-refractivity contribution is -0.144. The van der Waals surface area contributed by atoms with Crippen molar-refractivity contribution in [2.75, 3.05) is 6.61 Å². The number of benzene rings is 1. The molecule has 0 saturated carbocycles. The second kappa shape index (κ2) is 8.26. The van der Waals surface area contributed by atoms with Crippen molar-refractivity contribution in [2.45, 2.75) is 51.0 Å². The molecule has 0 amide bonds. The SMILES string of the molecule is CC(C(=O)OCC[Si](C)(C)C)c1ccc(C[C@H](N)C(=O)O)cc1. The van der Waals surface area contributed by atoms with Gasteiger partial charge in [0, 0.05) is 8.07 Å². The van der Waals surface area contributed by atoms with Gasteiger partial charge in [-0.3, -0.25) is 9.59 Å². The summed E-state index contributed by atoms with van der Waals surface area (Å²) in [7, 11) is -1.21. The molecule has 5 nitrogen and oxygen atoms in total. The van der Waals surface area contributed by atoms with Crippen LogP contribution in [-0.2, 0) is 20.7 Å². The van der Waals surface area contributed by atoms with E-state index in [-0.39, 0.29) is 18.3 Å². The second-order valence-electron chi connectivity index (χ2n) is 7.09. The maximum Gasteiger partial charge on any atom is 0.320 e. The van der Waals surface area contributed by atoms with Gasteiger partial charge < -0.3 is 15.6 Å². The Morgan fingerprint density at radius 1 is 1.22 bits per heavy atom. The Labute approximate surface area is 138 Å². The first-order valence-corrected chi connectivity index (χ1v) is 11.5. The summed E-state index contributed by atoms with van der Waals surface area (Å²) in [5.41, 5.74) is 7.21. The number of aliphatic carboxylic acids is 1. The van der Waals surface area contributed by atoms with Gasteiger partial charge in [-0.2, -0.15) is 0 Å². The number of carboxylic acid groups (broad SMARTS) is 1. The van der Waals surface area contributed by atoms with Crippen LogP contribution in [0.25, 0.3) is 0 Å². The van der Waals surface area contributed by atoms with E-state index in [4.69, 9.17) is 15.6 Å². The molecule has 1 unspecified atom stereocenters. The number of carbonyl (C=O) groups excluding carboxylic acids is 1. The van der Waals surface area contributed by atoms with E-state index >= 15 is 0 Å². The molecule has 1 aromatic rings. The van der Waals surface area contributed by atoms with Crippen LogP contribution in [0, 0.1) is 0 Å². The van der Waals surface area contributed by atoms with Crippen LogP contribution in [0.15, 0.2) is 24.3 Å². The van der Waals surface area contributed by atoms with Gasteiger partial charge >= 0.3 is 11.9 Å². The van der Waals surface area contributed by atoms with E-state index in [1.807, 2.05) is 31.2 Å². The molecule has 0 spiro atoms. The Hall–Kier alpha value is -1.66. The van der Waals surface area contributed by atoms with E-state index in [2.05, 4.69) is 19.6 Å². The van der Waals surface area contributed by atoms with Gasteiger partial charge in [-0.05, 0) is 30.5 Å². The summed E-state index contributed by atoms with van der Waals surface area (Å²) in [5, 5.41) is 8.82. The summed E-state index contributed by atoms with van der Waals surface area (Å²) >= 11 is 0. The van der Waals surface area contributed by atoms with Crippen molar-refractivity contribution >= 4 is 20.0 Å². The largest absolute Gasteiger partial charge is 0.480 e. The molecule has 1 rings (SSSR count). The maximum absolute atomic E-state index is 12.1. The van der Waals surface area contributed by atoms with E-state index in [1.165, 1.54) is 0 Å². The van der Waals surface area contributed by atoms with Crippen molar-refractivity contribution in [3.05, 3.63) is 35.4 Å². The van der Waals surface area contributed by atoms with E-state index in [9.17, 15) is 9.59 Å². The van der Waals surface area contributed by atoms with Crippen molar-refractivity contribution in [3.8, 4) is 0 Å². The molecule has 0 heterocycles. The van der Waals surface area contributed by atoms with Crippen molar-refractivity contribution < 1.29 is 19.4 Å². The van der Waals surface area contributed by atoms with Crippen LogP contribution in [0.3, 0.4) is 0 Å². The summed E-state index contributed by atoms with van der Waals surface area (Å²) in [6, 6.07) is 7.32. The summed E-state index contributed by atoms with van der Waals surface area (Å²) in [4.78, 5) is 22.8. The first-order chi connectivity index (χ1) is 10.6. The number of carboxylic acids is 1. The Balaban J connectivity index is 2.58. The normalized spacial score (nSPS) is 14.1. The zero-order chi connectivity index (χ0) is 17.6. The highest BCUT2D eigenvalue weighted by atomic mass is 28.3. The number of hydrogen-bond donors (Lipinski definition) is 2. The summed E-state index contributed by atoms with van der Waals surface area (Å²) < 4.78 is 5.36. The highest BCUT2D eigenvalue weighted by Gasteiger charge is 2.19. The maximum atomic E-state index is 12.1. The van der Waals surface area contributed by atoms with Gasteiger partial charge in [0.15, 0.2) is 0 Å². The Bertz CT molecular complexity index is 537. The summed E-state index contributed by atoms with van der Waals surface area (Å²) in [5.74, 6) is -1.58. The standard InChI is InChI=1S/C17H27NO4Si/c1-12(17(21)22-9-10-23(2,3)4)14-7-5-13(6-8-14)11-15(18)16(19)20/h5-8,12,15H,9-11,18H2,1-4H3,(H,19,20)/t12?,15-/m0/s1. The van der Waals surface area contributed by atoms with Gasteiger partial charge in [0.2, 0.25) is 0 Å². The molecule has 1 aromatic carbocycles. The van der Waals surface area contributed by atoms with Gasteiger partial charge in [0.1, 0.15) is 6.04 Å². The first-order valence-electron chi connectivity index (χ1n) is 7.84. The lowest BCUT2D eigenvalue weighted by atomic mass is 9.98. The minimum absolute atomic E-state index is 0.224. The molecule has 0 aliphatic heterocycles.